The van der Waals surface area contributed by atoms with E-state index in [0.717, 1.165) is 0 Å². The first kappa shape index (κ1) is 15.7. The SMILES string of the molecule is COc1cc(C#N)ccc1OC(=O)c1ccc(Cl)cc1OC. The lowest BCUT2D eigenvalue weighted by molar-refractivity contribution is 0.0726. The van der Waals surface area contributed by atoms with Gasteiger partial charge in [0.05, 0.1) is 25.9 Å². The first-order valence-corrected chi connectivity index (χ1v) is 6.60. The molecule has 0 N–H and O–H groups in total. The lowest BCUT2D eigenvalue weighted by atomic mass is 10.2. The Bertz CT molecular complexity index is 752. The van der Waals surface area contributed by atoms with E-state index in [-0.39, 0.29) is 11.3 Å². The summed E-state index contributed by atoms with van der Waals surface area (Å²) in [6.07, 6.45) is 0. The van der Waals surface area contributed by atoms with Gasteiger partial charge in [0.15, 0.2) is 11.5 Å². The van der Waals surface area contributed by atoms with Crippen molar-refractivity contribution in [2.75, 3.05) is 14.2 Å². The summed E-state index contributed by atoms with van der Waals surface area (Å²) >= 11 is 5.86. The van der Waals surface area contributed by atoms with Gasteiger partial charge < -0.3 is 14.2 Å². The average molecular weight is 318 g/mol. The number of nitrogens with zero attached hydrogens (tertiary/aromatic N) is 1. The molecule has 0 saturated carbocycles. The van der Waals surface area contributed by atoms with E-state index in [1.807, 2.05) is 6.07 Å². The molecule has 0 radical (unpaired) electrons. The molecule has 2 aromatic rings. The van der Waals surface area contributed by atoms with E-state index in [0.29, 0.717) is 22.1 Å². The molecule has 2 rings (SSSR count). The van der Waals surface area contributed by atoms with Crippen LogP contribution in [0, 0.1) is 11.3 Å². The van der Waals surface area contributed by atoms with E-state index >= 15 is 0 Å². The van der Waals surface area contributed by atoms with Gasteiger partial charge in [-0.2, -0.15) is 5.26 Å². The van der Waals surface area contributed by atoms with Crippen molar-refractivity contribution in [2.45, 2.75) is 0 Å². The van der Waals surface area contributed by atoms with Crippen LogP contribution in [0.15, 0.2) is 36.4 Å². The minimum absolute atomic E-state index is 0.212. The summed E-state index contributed by atoms with van der Waals surface area (Å²) in [4.78, 5) is 12.3. The highest BCUT2D eigenvalue weighted by Gasteiger charge is 2.17. The van der Waals surface area contributed by atoms with Gasteiger partial charge in [-0.1, -0.05) is 11.6 Å². The van der Waals surface area contributed by atoms with Gasteiger partial charge in [-0.25, -0.2) is 4.79 Å². The molecule has 0 amide bonds. The number of benzene rings is 2. The molecular weight excluding hydrogens is 306 g/mol. The van der Waals surface area contributed by atoms with E-state index in [1.54, 1.807) is 6.07 Å². The fraction of sp³-hybridized carbons (Fsp3) is 0.125. The van der Waals surface area contributed by atoms with Crippen molar-refractivity contribution < 1.29 is 19.0 Å². The standard InChI is InChI=1S/C16H12ClNO4/c1-20-14-8-11(17)4-5-12(14)16(19)22-13-6-3-10(9-18)7-15(13)21-2/h3-8H,1-2H3. The Balaban J connectivity index is 2.32. The molecule has 0 heterocycles. The third kappa shape index (κ3) is 3.30. The Morgan fingerprint density at radius 1 is 1.05 bits per heavy atom. The van der Waals surface area contributed by atoms with E-state index in [1.165, 1.54) is 44.6 Å². The van der Waals surface area contributed by atoms with E-state index in [9.17, 15) is 4.79 Å². The third-order valence-corrected chi connectivity index (χ3v) is 3.11. The van der Waals surface area contributed by atoms with Gasteiger partial charge in [0.25, 0.3) is 0 Å². The first-order valence-electron chi connectivity index (χ1n) is 6.23. The van der Waals surface area contributed by atoms with Crippen molar-refractivity contribution in [3.8, 4) is 23.3 Å². The van der Waals surface area contributed by atoms with Crippen LogP contribution in [0.2, 0.25) is 5.02 Å². The lowest BCUT2D eigenvalue weighted by Crippen LogP contribution is -2.11. The van der Waals surface area contributed by atoms with Gasteiger partial charge >= 0.3 is 5.97 Å². The summed E-state index contributed by atoms with van der Waals surface area (Å²) in [5.74, 6) is 0.200. The molecule has 0 spiro atoms. The molecular formula is C16H12ClNO4. The summed E-state index contributed by atoms with van der Waals surface area (Å²) in [6, 6.07) is 11.1. The fourth-order valence-electron chi connectivity index (χ4n) is 1.81. The highest BCUT2D eigenvalue weighted by atomic mass is 35.5. The van der Waals surface area contributed by atoms with Crippen LogP contribution in [-0.2, 0) is 0 Å². The lowest BCUT2D eigenvalue weighted by Gasteiger charge is -2.11. The second-order valence-electron chi connectivity index (χ2n) is 4.21. The zero-order chi connectivity index (χ0) is 16.1. The van der Waals surface area contributed by atoms with Crippen molar-refractivity contribution in [3.05, 3.63) is 52.5 Å². The van der Waals surface area contributed by atoms with Crippen molar-refractivity contribution in [2.24, 2.45) is 0 Å². The Labute approximate surface area is 132 Å². The number of carbonyl (C=O) groups is 1. The van der Waals surface area contributed by atoms with E-state index in [4.69, 9.17) is 31.1 Å². The number of hydrogen-bond acceptors (Lipinski definition) is 5. The minimum Gasteiger partial charge on any atom is -0.496 e. The fourth-order valence-corrected chi connectivity index (χ4v) is 1.97. The molecule has 0 saturated heterocycles. The third-order valence-electron chi connectivity index (χ3n) is 2.88. The number of carbonyl (C=O) groups excluding carboxylic acids is 1. The number of rotatable bonds is 4. The van der Waals surface area contributed by atoms with Gasteiger partial charge in [0.1, 0.15) is 11.3 Å². The van der Waals surface area contributed by atoms with Gasteiger partial charge in [-0.3, -0.25) is 0 Å². The molecule has 6 heteroatoms. The number of halogens is 1. The zero-order valence-corrected chi connectivity index (χ0v) is 12.7. The normalized spacial score (nSPS) is 9.73. The molecule has 112 valence electrons. The molecule has 0 unspecified atom stereocenters. The van der Waals surface area contributed by atoms with Crippen LogP contribution in [0.3, 0.4) is 0 Å². The molecule has 5 nitrogen and oxygen atoms in total. The monoisotopic (exact) mass is 317 g/mol. The molecule has 0 fully saturated rings. The molecule has 22 heavy (non-hydrogen) atoms. The predicted molar refractivity (Wildman–Crippen MR) is 80.7 cm³/mol. The van der Waals surface area contributed by atoms with Crippen molar-refractivity contribution in [3.63, 3.8) is 0 Å². The summed E-state index contributed by atoms with van der Waals surface area (Å²) in [7, 11) is 2.86. The highest BCUT2D eigenvalue weighted by molar-refractivity contribution is 6.30. The summed E-state index contributed by atoms with van der Waals surface area (Å²) in [5, 5.41) is 9.31. The second kappa shape index (κ2) is 6.83. The first-order chi connectivity index (χ1) is 10.6. The number of ether oxygens (including phenoxy) is 3. The van der Waals surface area contributed by atoms with Crippen molar-refractivity contribution in [1.29, 1.82) is 5.26 Å². The largest absolute Gasteiger partial charge is 0.496 e. The van der Waals surface area contributed by atoms with Crippen LogP contribution in [0.4, 0.5) is 0 Å². The highest BCUT2D eigenvalue weighted by Crippen LogP contribution is 2.30. The summed E-state index contributed by atoms with van der Waals surface area (Å²) < 4.78 is 15.5. The van der Waals surface area contributed by atoms with Crippen LogP contribution >= 0.6 is 11.6 Å². The Morgan fingerprint density at radius 2 is 1.77 bits per heavy atom. The molecule has 0 aliphatic carbocycles. The van der Waals surface area contributed by atoms with Gasteiger partial charge in [0, 0.05) is 11.1 Å². The number of methoxy groups -OCH3 is 2. The van der Waals surface area contributed by atoms with Crippen LogP contribution in [-0.4, -0.2) is 20.2 Å². The molecule has 0 aromatic heterocycles. The number of nitriles is 1. The van der Waals surface area contributed by atoms with Gasteiger partial charge in [-0.15, -0.1) is 0 Å². The molecule has 0 atom stereocenters. The number of hydrogen-bond donors (Lipinski definition) is 0. The quantitative estimate of drug-likeness (QED) is 0.638. The minimum atomic E-state index is -0.614. The molecule has 0 aliphatic rings. The predicted octanol–water partition coefficient (Wildman–Crippen LogP) is 3.45. The van der Waals surface area contributed by atoms with Crippen LogP contribution in [0.5, 0.6) is 17.2 Å². The maximum absolute atomic E-state index is 12.3. The van der Waals surface area contributed by atoms with Gasteiger partial charge in [0.2, 0.25) is 0 Å². The molecule has 2 aromatic carbocycles. The number of esters is 1. The van der Waals surface area contributed by atoms with Crippen molar-refractivity contribution in [1.82, 2.24) is 0 Å². The smallest absolute Gasteiger partial charge is 0.347 e. The molecule has 0 aliphatic heterocycles. The maximum atomic E-state index is 12.3. The molecule has 0 bridgehead atoms. The van der Waals surface area contributed by atoms with Crippen LogP contribution in [0.1, 0.15) is 15.9 Å². The van der Waals surface area contributed by atoms with E-state index < -0.39 is 5.97 Å². The van der Waals surface area contributed by atoms with Crippen LogP contribution < -0.4 is 14.2 Å². The Morgan fingerprint density at radius 3 is 2.41 bits per heavy atom. The Kier molecular flexibility index (Phi) is 4.87. The average Bonchev–Trinajstić information content (AvgIpc) is 2.54. The maximum Gasteiger partial charge on any atom is 0.347 e. The Hall–Kier alpha value is -2.71. The van der Waals surface area contributed by atoms with Gasteiger partial charge in [-0.05, 0) is 30.3 Å². The zero-order valence-electron chi connectivity index (χ0n) is 11.9. The summed E-state index contributed by atoms with van der Waals surface area (Å²) in [6.45, 7) is 0. The van der Waals surface area contributed by atoms with E-state index in [2.05, 4.69) is 0 Å². The topological polar surface area (TPSA) is 68.5 Å². The van der Waals surface area contributed by atoms with Crippen LogP contribution in [0.25, 0.3) is 0 Å². The second-order valence-corrected chi connectivity index (χ2v) is 4.65. The summed E-state index contributed by atoms with van der Waals surface area (Å²) in [5.41, 5.74) is 0.638. The van der Waals surface area contributed by atoms with Crippen molar-refractivity contribution >= 4 is 17.6 Å².